The van der Waals surface area contributed by atoms with Gasteiger partial charge in [-0.1, -0.05) is 23.2 Å². The number of aromatic nitrogens is 1. The average Bonchev–Trinajstić information content (AvgIpc) is 2.76. The topological polar surface area (TPSA) is 99.7 Å². The number of halogens is 2. The number of carbonyl (C=O) groups excluding carboxylic acids is 2. The van der Waals surface area contributed by atoms with E-state index in [0.717, 1.165) is 0 Å². The van der Waals surface area contributed by atoms with Crippen LogP contribution >= 0.6 is 23.2 Å². The van der Waals surface area contributed by atoms with Gasteiger partial charge in [-0.3, -0.25) is 14.6 Å². The molecule has 3 rings (SSSR count). The second-order valence-corrected chi connectivity index (χ2v) is 9.99. The molecule has 1 fully saturated rings. The molecule has 8 nitrogen and oxygen atoms in total. The van der Waals surface area contributed by atoms with Crippen LogP contribution in [0, 0.1) is 5.92 Å². The van der Waals surface area contributed by atoms with E-state index in [1.807, 2.05) is 0 Å². The lowest BCUT2D eigenvalue weighted by Gasteiger charge is -2.32. The Morgan fingerprint density at radius 2 is 1.90 bits per heavy atom. The summed E-state index contributed by atoms with van der Waals surface area (Å²) in [7, 11) is -2.08. The van der Waals surface area contributed by atoms with E-state index in [9.17, 15) is 18.0 Å². The summed E-state index contributed by atoms with van der Waals surface area (Å²) in [6.07, 6.45) is 3.60. The molecule has 0 unspecified atom stereocenters. The molecule has 0 radical (unpaired) electrons. The van der Waals surface area contributed by atoms with Crippen molar-refractivity contribution in [1.29, 1.82) is 0 Å². The molecule has 1 N–H and O–H groups in total. The highest BCUT2D eigenvalue weighted by Crippen LogP contribution is 2.26. The molecule has 0 aliphatic carbocycles. The average molecular weight is 485 g/mol. The van der Waals surface area contributed by atoms with Gasteiger partial charge in [-0.25, -0.2) is 8.42 Å². The number of likely N-dealkylation sites (N-methyl/N-ethyl adjacent to an activating group) is 1. The number of amides is 2. The monoisotopic (exact) mass is 484 g/mol. The number of anilines is 1. The lowest BCUT2D eigenvalue weighted by molar-refractivity contribution is -0.138. The van der Waals surface area contributed by atoms with Crippen molar-refractivity contribution in [3.05, 3.63) is 52.8 Å². The number of nitrogens with one attached hydrogen (secondary N) is 1. The molecule has 1 aromatic carbocycles. The van der Waals surface area contributed by atoms with Crippen molar-refractivity contribution in [2.24, 2.45) is 5.92 Å². The summed E-state index contributed by atoms with van der Waals surface area (Å²) in [5, 5.41) is 3.37. The molecule has 0 saturated carbocycles. The number of pyridine rings is 1. The molecule has 2 aromatic rings. The smallest absolute Gasteiger partial charge is 0.244 e. The Morgan fingerprint density at radius 3 is 2.52 bits per heavy atom. The molecule has 0 spiro atoms. The summed E-state index contributed by atoms with van der Waals surface area (Å²) in [5.41, 5.74) is 0.481. The van der Waals surface area contributed by atoms with Crippen LogP contribution in [-0.2, 0) is 19.6 Å². The van der Waals surface area contributed by atoms with Crippen LogP contribution in [0.25, 0.3) is 0 Å². The Balaban J connectivity index is 1.52. The summed E-state index contributed by atoms with van der Waals surface area (Å²) >= 11 is 11.8. The van der Waals surface area contributed by atoms with Crippen molar-refractivity contribution in [3.63, 3.8) is 0 Å². The number of benzene rings is 1. The maximum absolute atomic E-state index is 12.7. The number of hydrogen-bond donors (Lipinski definition) is 1. The van der Waals surface area contributed by atoms with Crippen molar-refractivity contribution in [3.8, 4) is 0 Å². The molecule has 1 aromatic heterocycles. The van der Waals surface area contributed by atoms with E-state index in [-0.39, 0.29) is 42.3 Å². The van der Waals surface area contributed by atoms with Gasteiger partial charge in [0.1, 0.15) is 4.90 Å². The van der Waals surface area contributed by atoms with E-state index >= 15 is 0 Å². The normalized spacial score (nSPS) is 15.5. The highest BCUT2D eigenvalue weighted by atomic mass is 35.5. The zero-order chi connectivity index (χ0) is 22.6. The molecule has 166 valence electrons. The molecule has 0 bridgehead atoms. The zero-order valence-electron chi connectivity index (χ0n) is 16.8. The molecule has 1 saturated heterocycles. The van der Waals surface area contributed by atoms with Gasteiger partial charge in [0.25, 0.3) is 0 Å². The Hall–Kier alpha value is -2.20. The first-order valence-corrected chi connectivity index (χ1v) is 11.8. The number of carbonyl (C=O) groups is 2. The Morgan fingerprint density at radius 1 is 1.19 bits per heavy atom. The third kappa shape index (κ3) is 5.74. The standard InChI is InChI=1S/C20H22Cl2N4O4S/c1-25(13-19(27)24-15-4-5-17(21)18(22)11-15)20(28)14-6-9-26(10-7-14)31(29,30)16-3-2-8-23-12-16/h2-5,8,11-12,14H,6-7,9-10,13H2,1H3,(H,24,27). The molecule has 1 aliphatic rings. The highest BCUT2D eigenvalue weighted by molar-refractivity contribution is 7.89. The van der Waals surface area contributed by atoms with Crippen LogP contribution < -0.4 is 5.32 Å². The molecule has 11 heteroatoms. The van der Waals surface area contributed by atoms with Gasteiger partial charge in [0.15, 0.2) is 0 Å². The Bertz CT molecular complexity index is 1060. The van der Waals surface area contributed by atoms with E-state index in [4.69, 9.17) is 23.2 Å². The van der Waals surface area contributed by atoms with E-state index in [1.54, 1.807) is 25.2 Å². The third-order valence-corrected chi connectivity index (χ3v) is 7.66. The number of hydrogen-bond acceptors (Lipinski definition) is 5. The first kappa shape index (κ1) is 23.5. The number of piperidine rings is 1. The Kier molecular flexibility index (Phi) is 7.53. The number of sulfonamides is 1. The van der Waals surface area contributed by atoms with Crippen LogP contribution in [0.4, 0.5) is 5.69 Å². The lowest BCUT2D eigenvalue weighted by atomic mass is 9.96. The number of nitrogens with zero attached hydrogens (tertiary/aromatic N) is 3. The fourth-order valence-electron chi connectivity index (χ4n) is 3.37. The van der Waals surface area contributed by atoms with Gasteiger partial charge < -0.3 is 10.2 Å². The molecule has 1 aliphatic heterocycles. The predicted octanol–water partition coefficient (Wildman–Crippen LogP) is 2.89. The van der Waals surface area contributed by atoms with Crippen LogP contribution in [0.15, 0.2) is 47.6 Å². The van der Waals surface area contributed by atoms with Gasteiger partial charge in [-0.2, -0.15) is 4.31 Å². The lowest BCUT2D eigenvalue weighted by Crippen LogP contribution is -2.45. The summed E-state index contributed by atoms with van der Waals surface area (Å²) in [4.78, 5) is 30.4. The van der Waals surface area contributed by atoms with Crippen LogP contribution in [-0.4, -0.2) is 61.1 Å². The SMILES string of the molecule is CN(CC(=O)Nc1ccc(Cl)c(Cl)c1)C(=O)C1CCN(S(=O)(=O)c2cccnc2)CC1. The van der Waals surface area contributed by atoms with E-state index < -0.39 is 10.0 Å². The van der Waals surface area contributed by atoms with Gasteiger partial charge >= 0.3 is 0 Å². The van der Waals surface area contributed by atoms with Crippen LogP contribution in [0.5, 0.6) is 0 Å². The largest absolute Gasteiger partial charge is 0.336 e. The second-order valence-electron chi connectivity index (χ2n) is 7.24. The fraction of sp³-hybridized carbons (Fsp3) is 0.350. The van der Waals surface area contributed by atoms with E-state index in [1.165, 1.54) is 33.7 Å². The van der Waals surface area contributed by atoms with Crippen LogP contribution in [0.3, 0.4) is 0 Å². The van der Waals surface area contributed by atoms with Crippen molar-refractivity contribution in [2.45, 2.75) is 17.7 Å². The fourth-order valence-corrected chi connectivity index (χ4v) is 5.10. The van der Waals surface area contributed by atoms with Gasteiger partial charge in [-0.15, -0.1) is 0 Å². The quantitative estimate of drug-likeness (QED) is 0.679. The van der Waals surface area contributed by atoms with E-state index in [0.29, 0.717) is 28.6 Å². The first-order chi connectivity index (χ1) is 14.7. The first-order valence-electron chi connectivity index (χ1n) is 9.58. The maximum atomic E-state index is 12.7. The van der Waals surface area contributed by atoms with Gasteiger partial charge in [0.05, 0.1) is 16.6 Å². The third-order valence-electron chi connectivity index (χ3n) is 5.04. The van der Waals surface area contributed by atoms with Gasteiger partial charge in [0.2, 0.25) is 21.8 Å². The van der Waals surface area contributed by atoms with Gasteiger partial charge in [-0.05, 0) is 43.2 Å². The summed E-state index contributed by atoms with van der Waals surface area (Å²) in [5.74, 6) is -0.906. The molecule has 2 heterocycles. The summed E-state index contributed by atoms with van der Waals surface area (Å²) in [6, 6.07) is 7.79. The van der Waals surface area contributed by atoms with Gasteiger partial charge in [0, 0.05) is 44.1 Å². The van der Waals surface area contributed by atoms with E-state index in [2.05, 4.69) is 10.3 Å². The zero-order valence-corrected chi connectivity index (χ0v) is 19.1. The minimum Gasteiger partial charge on any atom is -0.336 e. The molecule has 0 atom stereocenters. The minimum absolute atomic E-state index is 0.132. The van der Waals surface area contributed by atoms with Crippen molar-refractivity contribution >= 4 is 50.7 Å². The predicted molar refractivity (Wildman–Crippen MR) is 118 cm³/mol. The van der Waals surface area contributed by atoms with Crippen molar-refractivity contribution in [1.82, 2.24) is 14.2 Å². The van der Waals surface area contributed by atoms with Crippen LogP contribution in [0.2, 0.25) is 10.0 Å². The summed E-state index contributed by atoms with van der Waals surface area (Å²) in [6.45, 7) is 0.334. The summed E-state index contributed by atoms with van der Waals surface area (Å²) < 4.78 is 26.7. The number of rotatable bonds is 6. The molecule has 2 amide bonds. The Labute approximate surface area is 191 Å². The molecular formula is C20H22Cl2N4O4S. The molecule has 31 heavy (non-hydrogen) atoms. The minimum atomic E-state index is -3.63. The second kappa shape index (κ2) is 9.95. The van der Waals surface area contributed by atoms with Crippen molar-refractivity contribution in [2.75, 3.05) is 32.0 Å². The van der Waals surface area contributed by atoms with Crippen LogP contribution in [0.1, 0.15) is 12.8 Å². The van der Waals surface area contributed by atoms with Crippen molar-refractivity contribution < 1.29 is 18.0 Å². The molecular weight excluding hydrogens is 463 g/mol. The highest BCUT2D eigenvalue weighted by Gasteiger charge is 2.33. The maximum Gasteiger partial charge on any atom is 0.244 e.